The number of hydrogen-bond acceptors (Lipinski definition) is 1. The van der Waals surface area contributed by atoms with Crippen molar-refractivity contribution >= 4 is 52.1 Å². The zero-order valence-corrected chi connectivity index (χ0v) is 13.4. The summed E-state index contributed by atoms with van der Waals surface area (Å²) < 4.78 is 13.1. The van der Waals surface area contributed by atoms with Gasteiger partial charge in [-0.1, -0.05) is 52.5 Å². The maximum Gasteiger partial charge on any atom is 0.126 e. The number of benzene rings is 2. The summed E-state index contributed by atoms with van der Waals surface area (Å²) in [7, 11) is 0. The molecule has 6 heteroatoms. The van der Waals surface area contributed by atoms with Crippen molar-refractivity contribution in [1.82, 2.24) is 0 Å². The van der Waals surface area contributed by atoms with Gasteiger partial charge in [-0.05, 0) is 36.8 Å². The van der Waals surface area contributed by atoms with Gasteiger partial charge in [0.25, 0.3) is 0 Å². The van der Waals surface area contributed by atoms with Gasteiger partial charge in [0.15, 0.2) is 0 Å². The van der Waals surface area contributed by atoms with Crippen LogP contribution >= 0.6 is 46.4 Å². The van der Waals surface area contributed by atoms with Crippen LogP contribution in [-0.2, 0) is 0 Å². The molecule has 0 heterocycles. The van der Waals surface area contributed by atoms with Gasteiger partial charge >= 0.3 is 0 Å². The van der Waals surface area contributed by atoms with Gasteiger partial charge in [-0.3, -0.25) is 0 Å². The van der Waals surface area contributed by atoms with Crippen molar-refractivity contribution in [1.29, 1.82) is 0 Å². The summed E-state index contributed by atoms with van der Waals surface area (Å²) >= 11 is 24.0. The molecule has 0 saturated carbocycles. The van der Waals surface area contributed by atoms with E-state index >= 15 is 0 Å². The van der Waals surface area contributed by atoms with E-state index in [1.165, 1.54) is 12.1 Å². The molecule has 0 spiro atoms. The van der Waals surface area contributed by atoms with Crippen LogP contribution < -0.4 is 5.32 Å². The first kappa shape index (κ1) is 15.7. The van der Waals surface area contributed by atoms with Crippen molar-refractivity contribution in [2.24, 2.45) is 0 Å². The summed E-state index contributed by atoms with van der Waals surface area (Å²) in [6.07, 6.45) is 0. The lowest BCUT2D eigenvalue weighted by Crippen LogP contribution is -2.08. The number of halogens is 5. The fraction of sp³-hybridized carbons (Fsp3) is 0.143. The van der Waals surface area contributed by atoms with E-state index in [1.54, 1.807) is 12.1 Å². The second-order valence-corrected chi connectivity index (χ2v) is 5.93. The largest absolute Gasteiger partial charge is 0.376 e. The van der Waals surface area contributed by atoms with Gasteiger partial charge in [0.1, 0.15) is 5.82 Å². The van der Waals surface area contributed by atoms with Crippen molar-refractivity contribution in [2.75, 3.05) is 5.32 Å². The van der Waals surface area contributed by atoms with Crippen LogP contribution in [0.15, 0.2) is 30.3 Å². The van der Waals surface area contributed by atoms with E-state index in [1.807, 2.05) is 13.0 Å². The Hall–Kier alpha value is -0.670. The Labute approximate surface area is 136 Å². The Balaban J connectivity index is 2.30. The predicted molar refractivity (Wildman–Crippen MR) is 84.9 cm³/mol. The third-order valence-corrected chi connectivity index (χ3v) is 3.96. The second kappa shape index (κ2) is 6.40. The molecule has 0 aliphatic carbocycles. The van der Waals surface area contributed by atoms with Crippen LogP contribution in [0.25, 0.3) is 0 Å². The molecule has 0 bridgehead atoms. The topological polar surface area (TPSA) is 12.0 Å². The molecule has 2 rings (SSSR count). The molecule has 1 atom stereocenters. The standard InChI is InChI=1S/C14H10Cl4FN/c1-7(10-3-2-8(15)4-11(10)16)20-14-12(17)5-9(19)6-13(14)18/h2-7,20H,1H3. The summed E-state index contributed by atoms with van der Waals surface area (Å²) in [4.78, 5) is 0. The highest BCUT2D eigenvalue weighted by molar-refractivity contribution is 6.39. The first-order valence-electron chi connectivity index (χ1n) is 5.74. The normalized spacial score (nSPS) is 12.3. The highest BCUT2D eigenvalue weighted by Gasteiger charge is 2.14. The third-order valence-electron chi connectivity index (χ3n) is 2.80. The lowest BCUT2D eigenvalue weighted by atomic mass is 10.1. The molecule has 0 aliphatic rings. The Bertz CT molecular complexity index is 622. The Morgan fingerprint density at radius 1 is 0.950 bits per heavy atom. The molecule has 0 saturated heterocycles. The van der Waals surface area contributed by atoms with Crippen LogP contribution in [0.2, 0.25) is 20.1 Å². The van der Waals surface area contributed by atoms with Crippen LogP contribution in [0.3, 0.4) is 0 Å². The molecule has 2 aromatic rings. The zero-order chi connectivity index (χ0) is 14.9. The monoisotopic (exact) mass is 351 g/mol. The first-order valence-corrected chi connectivity index (χ1v) is 7.25. The van der Waals surface area contributed by atoms with Crippen LogP contribution in [0.5, 0.6) is 0 Å². The average molecular weight is 353 g/mol. The molecule has 1 N–H and O–H groups in total. The number of hydrogen-bond donors (Lipinski definition) is 1. The van der Waals surface area contributed by atoms with Crippen LogP contribution in [0.1, 0.15) is 18.5 Å². The minimum atomic E-state index is -0.484. The minimum absolute atomic E-state index is 0.166. The minimum Gasteiger partial charge on any atom is -0.376 e. The van der Waals surface area contributed by atoms with E-state index in [-0.39, 0.29) is 16.1 Å². The van der Waals surface area contributed by atoms with Gasteiger partial charge in [0.2, 0.25) is 0 Å². The van der Waals surface area contributed by atoms with Crippen LogP contribution in [0.4, 0.5) is 10.1 Å². The molecule has 0 aromatic heterocycles. The van der Waals surface area contributed by atoms with Gasteiger partial charge in [-0.15, -0.1) is 0 Å². The molecule has 0 aliphatic heterocycles. The Morgan fingerprint density at radius 2 is 1.55 bits per heavy atom. The molecule has 106 valence electrons. The summed E-state index contributed by atoms with van der Waals surface area (Å²) in [6.45, 7) is 1.89. The SMILES string of the molecule is CC(Nc1c(Cl)cc(F)cc1Cl)c1ccc(Cl)cc1Cl. The van der Waals surface area contributed by atoms with Crippen molar-refractivity contribution < 1.29 is 4.39 Å². The Morgan fingerprint density at radius 3 is 2.10 bits per heavy atom. The maximum atomic E-state index is 13.1. The van der Waals surface area contributed by atoms with Gasteiger partial charge in [-0.2, -0.15) is 0 Å². The van der Waals surface area contributed by atoms with E-state index < -0.39 is 5.82 Å². The molecule has 0 fully saturated rings. The van der Waals surface area contributed by atoms with Crippen molar-refractivity contribution in [3.05, 3.63) is 61.8 Å². The second-order valence-electron chi connectivity index (χ2n) is 4.28. The van der Waals surface area contributed by atoms with E-state index in [9.17, 15) is 4.39 Å². The first-order chi connectivity index (χ1) is 9.38. The van der Waals surface area contributed by atoms with Crippen molar-refractivity contribution in [3.8, 4) is 0 Å². The quantitative estimate of drug-likeness (QED) is 0.655. The maximum absolute atomic E-state index is 13.1. The summed E-state index contributed by atoms with van der Waals surface area (Å²) in [5.74, 6) is -0.484. The van der Waals surface area contributed by atoms with Gasteiger partial charge in [0.05, 0.1) is 21.8 Å². The fourth-order valence-electron chi connectivity index (χ4n) is 1.83. The van der Waals surface area contributed by atoms with Gasteiger partial charge in [0, 0.05) is 10.0 Å². The third kappa shape index (κ3) is 3.50. The summed E-state index contributed by atoms with van der Waals surface area (Å²) in [5.41, 5.74) is 1.31. The average Bonchev–Trinajstić information content (AvgIpc) is 2.33. The van der Waals surface area contributed by atoms with Crippen LogP contribution in [-0.4, -0.2) is 0 Å². The number of anilines is 1. The predicted octanol–water partition coefficient (Wildman–Crippen LogP) is 6.61. The Kier molecular flexibility index (Phi) is 5.03. The number of rotatable bonds is 3. The molecule has 0 amide bonds. The van der Waals surface area contributed by atoms with Gasteiger partial charge < -0.3 is 5.32 Å². The van der Waals surface area contributed by atoms with E-state index in [0.717, 1.165) is 5.56 Å². The summed E-state index contributed by atoms with van der Waals surface area (Å²) in [6, 6.07) is 7.45. The van der Waals surface area contributed by atoms with E-state index in [0.29, 0.717) is 15.7 Å². The molecule has 1 nitrogen and oxygen atoms in total. The molecular weight excluding hydrogens is 343 g/mol. The van der Waals surface area contributed by atoms with E-state index in [2.05, 4.69) is 5.32 Å². The molecular formula is C14H10Cl4FN. The van der Waals surface area contributed by atoms with E-state index in [4.69, 9.17) is 46.4 Å². The summed E-state index contributed by atoms with van der Waals surface area (Å²) in [5, 5.41) is 4.65. The number of nitrogens with one attached hydrogen (secondary N) is 1. The van der Waals surface area contributed by atoms with Crippen molar-refractivity contribution in [2.45, 2.75) is 13.0 Å². The molecule has 1 unspecified atom stereocenters. The lowest BCUT2D eigenvalue weighted by Gasteiger charge is -2.19. The molecule has 2 aromatic carbocycles. The highest BCUT2D eigenvalue weighted by Crippen LogP contribution is 2.35. The van der Waals surface area contributed by atoms with Crippen LogP contribution in [0, 0.1) is 5.82 Å². The highest BCUT2D eigenvalue weighted by atomic mass is 35.5. The molecule has 20 heavy (non-hydrogen) atoms. The van der Waals surface area contributed by atoms with Gasteiger partial charge in [-0.25, -0.2) is 4.39 Å². The van der Waals surface area contributed by atoms with Crippen molar-refractivity contribution in [3.63, 3.8) is 0 Å². The molecule has 0 radical (unpaired) electrons. The lowest BCUT2D eigenvalue weighted by molar-refractivity contribution is 0.628. The fourth-order valence-corrected chi connectivity index (χ4v) is 2.97. The smallest absolute Gasteiger partial charge is 0.126 e. The zero-order valence-electron chi connectivity index (χ0n) is 10.4.